The monoisotopic (exact) mass is 223 g/mol. The second kappa shape index (κ2) is 4.44. The molecule has 86 valence electrons. The molecule has 1 unspecified atom stereocenters. The van der Waals surface area contributed by atoms with Crippen LogP contribution in [0, 0.1) is 16.0 Å². The van der Waals surface area contributed by atoms with Crippen LogP contribution in [0.15, 0.2) is 23.1 Å². The molecule has 2 heterocycles. The van der Waals surface area contributed by atoms with Gasteiger partial charge in [-0.2, -0.15) is 0 Å². The summed E-state index contributed by atoms with van der Waals surface area (Å²) >= 11 is 0. The van der Waals surface area contributed by atoms with E-state index < -0.39 is 10.5 Å². The van der Waals surface area contributed by atoms with Crippen LogP contribution in [0.5, 0.6) is 0 Å². The molecule has 0 aromatic carbocycles. The summed E-state index contributed by atoms with van der Waals surface area (Å²) < 4.78 is 1.43. The van der Waals surface area contributed by atoms with Crippen molar-refractivity contribution in [3.8, 4) is 0 Å². The lowest BCUT2D eigenvalue weighted by molar-refractivity contribution is -0.386. The summed E-state index contributed by atoms with van der Waals surface area (Å²) in [6.45, 7) is 2.37. The molecule has 16 heavy (non-hydrogen) atoms. The predicted octanol–water partition coefficient (Wildman–Crippen LogP) is 0.366. The number of nitrogens with zero attached hydrogens (tertiary/aromatic N) is 2. The minimum Gasteiger partial charge on any atom is -0.316 e. The lowest BCUT2D eigenvalue weighted by atomic mass is 10.1. The van der Waals surface area contributed by atoms with Crippen LogP contribution < -0.4 is 10.9 Å². The summed E-state index contributed by atoms with van der Waals surface area (Å²) in [6, 6.07) is 2.79. The van der Waals surface area contributed by atoms with Gasteiger partial charge >= 0.3 is 11.2 Å². The Labute approximate surface area is 92.0 Å². The fraction of sp³-hybridized carbons (Fsp3) is 0.500. The van der Waals surface area contributed by atoms with E-state index in [0.717, 1.165) is 19.5 Å². The lowest BCUT2D eigenvalue weighted by Crippen LogP contribution is -2.26. The second-order valence-electron chi connectivity index (χ2n) is 3.97. The Bertz CT molecular complexity index is 449. The van der Waals surface area contributed by atoms with Crippen molar-refractivity contribution in [2.45, 2.75) is 13.0 Å². The van der Waals surface area contributed by atoms with Gasteiger partial charge in [-0.3, -0.25) is 14.9 Å². The van der Waals surface area contributed by atoms with Crippen molar-refractivity contribution >= 4 is 5.69 Å². The van der Waals surface area contributed by atoms with Crippen LogP contribution >= 0.6 is 0 Å². The Hall–Kier alpha value is -1.69. The summed E-state index contributed by atoms with van der Waals surface area (Å²) in [6.07, 6.45) is 2.61. The molecule has 1 fully saturated rings. The number of pyridine rings is 1. The highest BCUT2D eigenvalue weighted by Gasteiger charge is 2.18. The van der Waals surface area contributed by atoms with Crippen LogP contribution in [0.2, 0.25) is 0 Å². The zero-order chi connectivity index (χ0) is 11.5. The summed E-state index contributed by atoms with van der Waals surface area (Å²) in [5, 5.41) is 13.8. The van der Waals surface area contributed by atoms with Crippen molar-refractivity contribution in [2.75, 3.05) is 13.1 Å². The molecule has 0 spiro atoms. The number of rotatable bonds is 3. The van der Waals surface area contributed by atoms with Crippen LogP contribution in [-0.4, -0.2) is 22.6 Å². The molecule has 1 N–H and O–H groups in total. The number of hydrogen-bond donors (Lipinski definition) is 1. The Balaban J connectivity index is 2.24. The second-order valence-corrected chi connectivity index (χ2v) is 3.97. The van der Waals surface area contributed by atoms with Crippen LogP contribution in [0.1, 0.15) is 6.42 Å². The minimum absolute atomic E-state index is 0.353. The topological polar surface area (TPSA) is 77.2 Å². The van der Waals surface area contributed by atoms with E-state index in [1.165, 1.54) is 10.6 Å². The molecule has 1 atom stereocenters. The van der Waals surface area contributed by atoms with E-state index in [2.05, 4.69) is 5.32 Å². The number of aromatic nitrogens is 1. The molecule has 1 saturated heterocycles. The van der Waals surface area contributed by atoms with Gasteiger partial charge in [-0.05, 0) is 31.5 Å². The Morgan fingerprint density at radius 3 is 3.06 bits per heavy atom. The maximum Gasteiger partial charge on any atom is 0.334 e. The van der Waals surface area contributed by atoms with E-state index in [9.17, 15) is 14.9 Å². The summed E-state index contributed by atoms with van der Waals surface area (Å²) in [4.78, 5) is 21.7. The number of hydrogen-bond acceptors (Lipinski definition) is 4. The molecular weight excluding hydrogens is 210 g/mol. The first-order valence-corrected chi connectivity index (χ1v) is 5.23. The van der Waals surface area contributed by atoms with Crippen LogP contribution in [-0.2, 0) is 6.54 Å². The van der Waals surface area contributed by atoms with Gasteiger partial charge in [0.15, 0.2) is 0 Å². The van der Waals surface area contributed by atoms with E-state index in [4.69, 9.17) is 0 Å². The Morgan fingerprint density at radius 2 is 2.44 bits per heavy atom. The van der Waals surface area contributed by atoms with Gasteiger partial charge in [-0.15, -0.1) is 0 Å². The van der Waals surface area contributed by atoms with Gasteiger partial charge in [-0.1, -0.05) is 0 Å². The molecule has 1 aromatic heterocycles. The molecule has 1 aromatic rings. The molecule has 2 rings (SSSR count). The molecule has 0 bridgehead atoms. The molecule has 6 nitrogen and oxygen atoms in total. The van der Waals surface area contributed by atoms with Crippen molar-refractivity contribution in [1.82, 2.24) is 9.88 Å². The van der Waals surface area contributed by atoms with E-state index in [0.29, 0.717) is 12.5 Å². The predicted molar refractivity (Wildman–Crippen MR) is 58.3 cm³/mol. The molecule has 1 aliphatic rings. The highest BCUT2D eigenvalue weighted by Crippen LogP contribution is 2.10. The summed E-state index contributed by atoms with van der Waals surface area (Å²) in [7, 11) is 0. The Kier molecular flexibility index (Phi) is 3.00. The molecule has 0 amide bonds. The average Bonchev–Trinajstić information content (AvgIpc) is 2.73. The maximum atomic E-state index is 11.7. The van der Waals surface area contributed by atoms with E-state index >= 15 is 0 Å². The van der Waals surface area contributed by atoms with Gasteiger partial charge in [-0.25, -0.2) is 0 Å². The number of nitrogens with one attached hydrogen (secondary N) is 1. The van der Waals surface area contributed by atoms with Gasteiger partial charge in [0.25, 0.3) is 0 Å². The largest absolute Gasteiger partial charge is 0.334 e. The van der Waals surface area contributed by atoms with Gasteiger partial charge in [0.1, 0.15) is 0 Å². The molecular formula is C10H13N3O3. The molecule has 0 radical (unpaired) electrons. The maximum absolute atomic E-state index is 11.7. The summed E-state index contributed by atoms with van der Waals surface area (Å²) in [5.74, 6) is 0.389. The highest BCUT2D eigenvalue weighted by atomic mass is 16.6. The smallest absolute Gasteiger partial charge is 0.316 e. The highest BCUT2D eigenvalue weighted by molar-refractivity contribution is 5.25. The third-order valence-corrected chi connectivity index (χ3v) is 2.81. The SMILES string of the molecule is O=c1c([N+](=O)[O-])cccn1CC1CCNC1. The third-order valence-electron chi connectivity index (χ3n) is 2.81. The number of nitro groups is 1. The lowest BCUT2D eigenvalue weighted by Gasteiger charge is -2.10. The van der Waals surface area contributed by atoms with Gasteiger partial charge < -0.3 is 9.88 Å². The first kappa shape index (κ1) is 10.8. The first-order chi connectivity index (χ1) is 7.68. The van der Waals surface area contributed by atoms with Crippen molar-refractivity contribution in [3.05, 3.63) is 38.8 Å². The minimum atomic E-state index is -0.633. The van der Waals surface area contributed by atoms with Gasteiger partial charge in [0.05, 0.1) is 4.92 Å². The quantitative estimate of drug-likeness (QED) is 0.593. The zero-order valence-electron chi connectivity index (χ0n) is 8.76. The molecule has 0 saturated carbocycles. The van der Waals surface area contributed by atoms with Gasteiger partial charge in [0.2, 0.25) is 0 Å². The van der Waals surface area contributed by atoms with Crippen molar-refractivity contribution in [1.29, 1.82) is 0 Å². The Morgan fingerprint density at radius 1 is 1.62 bits per heavy atom. The van der Waals surface area contributed by atoms with Crippen LogP contribution in [0.25, 0.3) is 0 Å². The van der Waals surface area contributed by atoms with E-state index in [1.807, 2.05) is 0 Å². The van der Waals surface area contributed by atoms with Crippen molar-refractivity contribution < 1.29 is 4.92 Å². The van der Waals surface area contributed by atoms with Crippen LogP contribution in [0.3, 0.4) is 0 Å². The molecule has 6 heteroatoms. The fourth-order valence-corrected chi connectivity index (χ4v) is 1.96. The third kappa shape index (κ3) is 2.11. The standard InChI is InChI=1S/C10H13N3O3/c14-10-9(13(15)16)2-1-5-12(10)7-8-3-4-11-6-8/h1-2,5,8,11H,3-4,6-7H2. The normalized spacial score (nSPS) is 19.9. The first-order valence-electron chi connectivity index (χ1n) is 5.23. The van der Waals surface area contributed by atoms with Crippen molar-refractivity contribution in [2.24, 2.45) is 5.92 Å². The molecule has 0 aliphatic carbocycles. The van der Waals surface area contributed by atoms with Gasteiger partial charge in [0, 0.05) is 18.8 Å². The van der Waals surface area contributed by atoms with Crippen molar-refractivity contribution in [3.63, 3.8) is 0 Å². The fourth-order valence-electron chi connectivity index (χ4n) is 1.96. The summed E-state index contributed by atoms with van der Waals surface area (Å²) in [5.41, 5.74) is -0.868. The van der Waals surface area contributed by atoms with Crippen LogP contribution in [0.4, 0.5) is 5.69 Å². The van der Waals surface area contributed by atoms with E-state index in [1.54, 1.807) is 12.3 Å². The average molecular weight is 223 g/mol. The van der Waals surface area contributed by atoms with E-state index in [-0.39, 0.29) is 5.69 Å². The zero-order valence-corrected chi connectivity index (χ0v) is 8.76. The molecule has 1 aliphatic heterocycles.